The van der Waals surface area contributed by atoms with Crippen molar-refractivity contribution < 1.29 is 13.2 Å². The first-order valence-corrected chi connectivity index (χ1v) is 12.7. The summed E-state index contributed by atoms with van der Waals surface area (Å²) in [6.45, 7) is 1.84. The van der Waals surface area contributed by atoms with Crippen molar-refractivity contribution >= 4 is 56.7 Å². The molecule has 2 atom stereocenters. The molecule has 2 unspecified atom stereocenters. The third-order valence-corrected chi connectivity index (χ3v) is 7.02. The van der Waals surface area contributed by atoms with Gasteiger partial charge in [-0.3, -0.25) is 4.79 Å². The molecule has 9 heteroatoms. The maximum atomic E-state index is 12.7. The number of carbonyl (C=O) groups is 1. The van der Waals surface area contributed by atoms with E-state index in [0.29, 0.717) is 16.5 Å². The zero-order valence-electron chi connectivity index (χ0n) is 15.6. The van der Waals surface area contributed by atoms with Crippen molar-refractivity contribution in [1.82, 2.24) is 10.0 Å². The van der Waals surface area contributed by atoms with Gasteiger partial charge in [0.25, 0.3) is 0 Å². The number of thioether (sulfide) groups is 1. The monoisotopic (exact) mass is 458 g/mol. The Balaban J connectivity index is 2.06. The van der Waals surface area contributed by atoms with E-state index in [2.05, 4.69) is 10.0 Å². The quantitative estimate of drug-likeness (QED) is 0.556. The average Bonchev–Trinajstić information content (AvgIpc) is 3.11. The first-order valence-electron chi connectivity index (χ1n) is 8.61. The zero-order valence-corrected chi connectivity index (χ0v) is 18.8. The smallest absolute Gasteiger partial charge is 0.238 e. The van der Waals surface area contributed by atoms with Crippen LogP contribution in [0.2, 0.25) is 4.34 Å². The number of carbonyl (C=O) groups excluding carboxylic acids is 1. The van der Waals surface area contributed by atoms with Crippen molar-refractivity contribution in [1.29, 1.82) is 0 Å². The maximum Gasteiger partial charge on any atom is 0.238 e. The summed E-state index contributed by atoms with van der Waals surface area (Å²) in [5.74, 6) is 0.296. The third kappa shape index (κ3) is 7.60. The Kier molecular flexibility index (Phi) is 9.04. The second-order valence-corrected chi connectivity index (χ2v) is 10.4. The minimum absolute atomic E-state index is 0.258. The van der Waals surface area contributed by atoms with E-state index in [-0.39, 0.29) is 11.9 Å². The fraction of sp³-hybridized carbons (Fsp3) is 0.316. The predicted octanol–water partition coefficient (Wildman–Crippen LogP) is 4.29. The van der Waals surface area contributed by atoms with E-state index in [1.54, 1.807) is 30.0 Å². The van der Waals surface area contributed by atoms with Crippen molar-refractivity contribution in [2.75, 3.05) is 12.0 Å². The van der Waals surface area contributed by atoms with Gasteiger partial charge >= 0.3 is 0 Å². The molecule has 0 aliphatic carbocycles. The lowest BCUT2D eigenvalue weighted by Crippen LogP contribution is -2.47. The van der Waals surface area contributed by atoms with Gasteiger partial charge in [-0.25, -0.2) is 8.42 Å². The van der Waals surface area contributed by atoms with Crippen molar-refractivity contribution in [2.45, 2.75) is 25.4 Å². The van der Waals surface area contributed by atoms with E-state index in [1.807, 2.05) is 37.4 Å². The first-order chi connectivity index (χ1) is 13.3. The summed E-state index contributed by atoms with van der Waals surface area (Å²) < 4.78 is 28.0. The Morgan fingerprint density at radius 1 is 1.25 bits per heavy atom. The minimum atomic E-state index is -3.77. The molecule has 0 saturated heterocycles. The van der Waals surface area contributed by atoms with Crippen LogP contribution in [0.25, 0.3) is 6.08 Å². The van der Waals surface area contributed by atoms with E-state index >= 15 is 0 Å². The van der Waals surface area contributed by atoms with Gasteiger partial charge in [0.1, 0.15) is 6.04 Å². The van der Waals surface area contributed by atoms with Crippen LogP contribution >= 0.6 is 34.7 Å². The van der Waals surface area contributed by atoms with Gasteiger partial charge in [-0.15, -0.1) is 11.3 Å². The Labute approximate surface area is 179 Å². The summed E-state index contributed by atoms with van der Waals surface area (Å²) in [5, 5.41) is 3.95. The van der Waals surface area contributed by atoms with Crippen LogP contribution in [0.4, 0.5) is 0 Å². The third-order valence-electron chi connectivity index (χ3n) is 3.85. The van der Waals surface area contributed by atoms with E-state index in [4.69, 9.17) is 11.6 Å². The predicted molar refractivity (Wildman–Crippen MR) is 120 cm³/mol. The molecular formula is C19H23ClN2O3S3. The van der Waals surface area contributed by atoms with E-state index < -0.39 is 16.1 Å². The second kappa shape index (κ2) is 11.0. The molecule has 0 fully saturated rings. The first kappa shape index (κ1) is 23.0. The van der Waals surface area contributed by atoms with Crippen LogP contribution in [0, 0.1) is 0 Å². The van der Waals surface area contributed by atoms with Gasteiger partial charge in [0.05, 0.1) is 10.4 Å². The second-order valence-electron chi connectivity index (χ2n) is 6.08. The van der Waals surface area contributed by atoms with Crippen LogP contribution in [0.15, 0.2) is 47.9 Å². The standard InChI is InChI=1S/C19H23ClN2O3S3/c1-14(17-8-9-18(20)27-17)21-19(23)16(10-12-26-2)22-28(24,25)13-11-15-6-4-3-5-7-15/h3-9,11,13-14,16,22H,10,12H2,1-2H3,(H,21,23). The highest BCUT2D eigenvalue weighted by molar-refractivity contribution is 7.98. The number of amides is 1. The molecule has 5 nitrogen and oxygen atoms in total. The highest BCUT2D eigenvalue weighted by Crippen LogP contribution is 2.26. The van der Waals surface area contributed by atoms with Crippen molar-refractivity contribution in [3.63, 3.8) is 0 Å². The Morgan fingerprint density at radius 2 is 1.96 bits per heavy atom. The van der Waals surface area contributed by atoms with Gasteiger partial charge in [0.2, 0.25) is 15.9 Å². The number of sulfonamides is 1. The molecule has 0 bridgehead atoms. The number of hydrogen-bond acceptors (Lipinski definition) is 5. The van der Waals surface area contributed by atoms with E-state index in [9.17, 15) is 13.2 Å². The molecule has 1 aromatic heterocycles. The largest absolute Gasteiger partial charge is 0.347 e. The summed E-state index contributed by atoms with van der Waals surface area (Å²) >= 11 is 8.89. The summed E-state index contributed by atoms with van der Waals surface area (Å²) in [6.07, 6.45) is 3.81. The zero-order chi connectivity index (χ0) is 20.6. The Hall–Kier alpha value is -1.32. The minimum Gasteiger partial charge on any atom is -0.347 e. The topological polar surface area (TPSA) is 75.3 Å². The fourth-order valence-electron chi connectivity index (χ4n) is 2.40. The molecule has 2 aromatic rings. The maximum absolute atomic E-state index is 12.7. The van der Waals surface area contributed by atoms with Crippen molar-refractivity contribution in [3.8, 4) is 0 Å². The van der Waals surface area contributed by atoms with Gasteiger partial charge < -0.3 is 5.32 Å². The molecule has 1 amide bonds. The molecule has 2 N–H and O–H groups in total. The van der Waals surface area contributed by atoms with Crippen molar-refractivity contribution in [2.24, 2.45) is 0 Å². The Morgan fingerprint density at radius 3 is 2.57 bits per heavy atom. The van der Waals surface area contributed by atoms with Gasteiger partial charge in [-0.2, -0.15) is 16.5 Å². The Bertz CT molecular complexity index is 898. The van der Waals surface area contributed by atoms with Crippen LogP contribution in [-0.2, 0) is 14.8 Å². The molecule has 1 heterocycles. The van der Waals surface area contributed by atoms with Crippen LogP contribution < -0.4 is 10.0 Å². The summed E-state index contributed by atoms with van der Waals surface area (Å²) in [4.78, 5) is 13.6. The number of hydrogen-bond donors (Lipinski definition) is 2. The SMILES string of the molecule is CSCCC(NS(=O)(=O)C=Cc1ccccc1)C(=O)NC(C)c1ccc(Cl)s1. The molecule has 0 radical (unpaired) electrons. The van der Waals surface area contributed by atoms with Gasteiger partial charge in [0.15, 0.2) is 0 Å². The lowest BCUT2D eigenvalue weighted by atomic mass is 10.2. The number of benzene rings is 1. The van der Waals surface area contributed by atoms with Crippen LogP contribution in [0.3, 0.4) is 0 Å². The summed E-state index contributed by atoms with van der Waals surface area (Å²) in [5.41, 5.74) is 0.765. The van der Waals surface area contributed by atoms with Crippen LogP contribution in [0.5, 0.6) is 0 Å². The number of halogens is 1. The van der Waals surface area contributed by atoms with Crippen LogP contribution in [-0.4, -0.2) is 32.4 Å². The average molecular weight is 459 g/mol. The number of thiophene rings is 1. The lowest BCUT2D eigenvalue weighted by Gasteiger charge is -2.20. The van der Waals surface area contributed by atoms with Crippen LogP contribution in [0.1, 0.15) is 29.8 Å². The summed E-state index contributed by atoms with van der Waals surface area (Å²) in [7, 11) is -3.77. The van der Waals surface area contributed by atoms with E-state index in [1.165, 1.54) is 17.4 Å². The normalized spacial score (nSPS) is 14.1. The number of rotatable bonds is 10. The fourth-order valence-corrected chi connectivity index (χ4v) is 4.97. The molecule has 1 aromatic carbocycles. The van der Waals surface area contributed by atoms with Crippen molar-refractivity contribution in [3.05, 3.63) is 62.6 Å². The molecule has 28 heavy (non-hydrogen) atoms. The van der Waals surface area contributed by atoms with E-state index in [0.717, 1.165) is 15.8 Å². The summed E-state index contributed by atoms with van der Waals surface area (Å²) in [6, 6.07) is 11.6. The molecular weight excluding hydrogens is 436 g/mol. The molecule has 152 valence electrons. The lowest BCUT2D eigenvalue weighted by molar-refractivity contribution is -0.123. The molecule has 0 spiro atoms. The molecule has 0 aliphatic rings. The van der Waals surface area contributed by atoms with Gasteiger partial charge in [0, 0.05) is 10.3 Å². The molecule has 2 rings (SSSR count). The molecule has 0 saturated carbocycles. The highest BCUT2D eigenvalue weighted by Gasteiger charge is 2.24. The van der Waals surface area contributed by atoms with Gasteiger partial charge in [-0.1, -0.05) is 41.9 Å². The molecule has 0 aliphatic heterocycles. The number of nitrogens with one attached hydrogen (secondary N) is 2. The highest BCUT2D eigenvalue weighted by atomic mass is 35.5. The van der Waals surface area contributed by atoms with Gasteiger partial charge in [-0.05, 0) is 49.1 Å².